The molecule has 0 aromatic carbocycles. The van der Waals surface area contributed by atoms with Crippen LogP contribution in [0, 0.1) is 0 Å². The molecule has 1 aromatic heterocycles. The van der Waals surface area contributed by atoms with Gasteiger partial charge in [0.25, 0.3) is 0 Å². The number of anilines is 2. The lowest BCUT2D eigenvalue weighted by atomic mass is 10.2. The lowest BCUT2D eigenvalue weighted by Gasteiger charge is -2.29. The highest BCUT2D eigenvalue weighted by atomic mass is 15.2. The molecule has 0 amide bonds. The van der Waals surface area contributed by atoms with Crippen LogP contribution in [-0.2, 0) is 0 Å². The van der Waals surface area contributed by atoms with Gasteiger partial charge in [-0.3, -0.25) is 0 Å². The molecule has 2 heterocycles. The first-order valence-corrected chi connectivity index (χ1v) is 5.80. The van der Waals surface area contributed by atoms with E-state index in [0.717, 1.165) is 13.1 Å². The quantitative estimate of drug-likeness (QED) is 0.831. The van der Waals surface area contributed by atoms with Crippen molar-refractivity contribution in [2.24, 2.45) is 0 Å². The minimum atomic E-state index is 0.605. The second-order valence-electron chi connectivity index (χ2n) is 4.69. The molecule has 0 bridgehead atoms. The predicted octanol–water partition coefficient (Wildman–Crippen LogP) is 1.19. The van der Waals surface area contributed by atoms with Crippen molar-refractivity contribution >= 4 is 11.5 Å². The van der Waals surface area contributed by atoms with Crippen LogP contribution in [-0.4, -0.2) is 43.1 Å². The van der Waals surface area contributed by atoms with E-state index in [1.807, 2.05) is 12.1 Å². The zero-order chi connectivity index (χ0) is 11.5. The van der Waals surface area contributed by atoms with E-state index in [0.29, 0.717) is 11.9 Å². The average molecular weight is 220 g/mol. The first-order valence-electron chi connectivity index (χ1n) is 5.80. The Morgan fingerprint density at radius 1 is 1.56 bits per heavy atom. The average Bonchev–Trinajstić information content (AvgIpc) is 2.65. The topological polar surface area (TPSA) is 45.4 Å². The van der Waals surface area contributed by atoms with Crippen molar-refractivity contribution in [3.8, 4) is 0 Å². The van der Waals surface area contributed by atoms with Gasteiger partial charge in [0.1, 0.15) is 5.82 Å². The molecular weight excluding hydrogens is 200 g/mol. The summed E-state index contributed by atoms with van der Waals surface area (Å²) >= 11 is 0. The largest absolute Gasteiger partial charge is 0.384 e. The monoisotopic (exact) mass is 220 g/mol. The molecule has 1 aromatic rings. The molecule has 88 valence electrons. The summed E-state index contributed by atoms with van der Waals surface area (Å²) in [5.41, 5.74) is 6.93. The first-order chi connectivity index (χ1) is 7.66. The third-order valence-corrected chi connectivity index (χ3v) is 3.05. The van der Waals surface area contributed by atoms with E-state index in [4.69, 9.17) is 5.73 Å². The molecule has 2 N–H and O–H groups in total. The molecule has 1 aliphatic rings. The maximum absolute atomic E-state index is 5.72. The maximum atomic E-state index is 5.72. The fourth-order valence-corrected chi connectivity index (χ4v) is 2.40. The van der Waals surface area contributed by atoms with Crippen molar-refractivity contribution in [2.45, 2.75) is 18.9 Å². The van der Waals surface area contributed by atoms with Crippen molar-refractivity contribution in [3.05, 3.63) is 18.3 Å². The second kappa shape index (κ2) is 4.70. The van der Waals surface area contributed by atoms with Crippen LogP contribution >= 0.6 is 0 Å². The van der Waals surface area contributed by atoms with Crippen LogP contribution in [0.3, 0.4) is 0 Å². The lowest BCUT2D eigenvalue weighted by Crippen LogP contribution is -2.37. The van der Waals surface area contributed by atoms with Crippen LogP contribution in [0.2, 0.25) is 0 Å². The zero-order valence-electron chi connectivity index (χ0n) is 10.1. The number of hydrogen-bond acceptors (Lipinski definition) is 4. The first kappa shape index (κ1) is 11.2. The summed E-state index contributed by atoms with van der Waals surface area (Å²) in [5, 5.41) is 0. The van der Waals surface area contributed by atoms with Crippen molar-refractivity contribution in [1.82, 2.24) is 9.88 Å². The Morgan fingerprint density at radius 3 is 3.06 bits per heavy atom. The predicted molar refractivity (Wildman–Crippen MR) is 67.6 cm³/mol. The van der Waals surface area contributed by atoms with Crippen LogP contribution in [0.15, 0.2) is 18.3 Å². The number of aromatic nitrogens is 1. The summed E-state index contributed by atoms with van der Waals surface area (Å²) in [5.74, 6) is 0.605. The highest BCUT2D eigenvalue weighted by Crippen LogP contribution is 2.26. The zero-order valence-corrected chi connectivity index (χ0v) is 10.1. The van der Waals surface area contributed by atoms with Crippen LogP contribution in [0.25, 0.3) is 0 Å². The van der Waals surface area contributed by atoms with E-state index in [-0.39, 0.29) is 0 Å². The number of nitrogens with zero attached hydrogens (tertiary/aromatic N) is 3. The van der Waals surface area contributed by atoms with Crippen molar-refractivity contribution < 1.29 is 0 Å². The van der Waals surface area contributed by atoms with Gasteiger partial charge in [-0.05, 0) is 33.0 Å². The highest BCUT2D eigenvalue weighted by molar-refractivity contribution is 5.53. The molecule has 1 saturated heterocycles. The maximum Gasteiger partial charge on any atom is 0.125 e. The van der Waals surface area contributed by atoms with E-state index in [1.165, 1.54) is 18.5 Å². The number of rotatable bonds is 3. The van der Waals surface area contributed by atoms with Gasteiger partial charge in [0.15, 0.2) is 0 Å². The third kappa shape index (κ3) is 2.44. The summed E-state index contributed by atoms with van der Waals surface area (Å²) in [6.45, 7) is 2.23. The summed E-state index contributed by atoms with van der Waals surface area (Å²) in [6.07, 6.45) is 4.32. The minimum Gasteiger partial charge on any atom is -0.384 e. The summed E-state index contributed by atoms with van der Waals surface area (Å²) in [6, 6.07) is 4.62. The Balaban J connectivity index is 2.13. The van der Waals surface area contributed by atoms with Crippen LogP contribution in [0.1, 0.15) is 12.8 Å². The second-order valence-corrected chi connectivity index (χ2v) is 4.69. The minimum absolute atomic E-state index is 0.605. The van der Waals surface area contributed by atoms with Gasteiger partial charge in [-0.2, -0.15) is 0 Å². The van der Waals surface area contributed by atoms with Gasteiger partial charge < -0.3 is 15.5 Å². The van der Waals surface area contributed by atoms with Gasteiger partial charge in [0, 0.05) is 37.1 Å². The number of nitrogen functional groups attached to an aromatic ring is 1. The van der Waals surface area contributed by atoms with Gasteiger partial charge in [-0.1, -0.05) is 0 Å². The van der Waals surface area contributed by atoms with E-state index in [9.17, 15) is 0 Å². The molecule has 1 unspecified atom stereocenters. The highest BCUT2D eigenvalue weighted by Gasteiger charge is 2.25. The van der Waals surface area contributed by atoms with E-state index < -0.39 is 0 Å². The number of likely N-dealkylation sites (N-methyl/N-ethyl adjacent to an activating group) is 1. The normalized spacial score (nSPS) is 20.7. The molecule has 0 spiro atoms. The Hall–Kier alpha value is -1.29. The van der Waals surface area contributed by atoms with Crippen molar-refractivity contribution in [3.63, 3.8) is 0 Å². The van der Waals surface area contributed by atoms with Crippen molar-refractivity contribution in [1.29, 1.82) is 0 Å². The number of nitrogens with two attached hydrogens (primary N) is 1. The smallest absolute Gasteiger partial charge is 0.125 e. The summed E-state index contributed by atoms with van der Waals surface area (Å²) in [4.78, 5) is 8.72. The van der Waals surface area contributed by atoms with Crippen LogP contribution < -0.4 is 10.6 Å². The van der Waals surface area contributed by atoms with Crippen LogP contribution in [0.5, 0.6) is 0 Å². The number of pyridine rings is 1. The van der Waals surface area contributed by atoms with E-state index in [1.54, 1.807) is 6.20 Å². The fraction of sp³-hybridized carbons (Fsp3) is 0.583. The molecule has 1 fully saturated rings. The standard InChI is InChI=1S/C12H20N4/c1-15(2)9-11-4-3-7-16(11)10-5-6-14-12(13)8-10/h5-6,8,11H,3-4,7,9H2,1-2H3,(H2,13,14). The van der Waals surface area contributed by atoms with E-state index in [2.05, 4.69) is 28.9 Å². The molecular formula is C12H20N4. The molecule has 2 rings (SSSR count). The van der Waals surface area contributed by atoms with Gasteiger partial charge >= 0.3 is 0 Å². The Labute approximate surface area is 97.1 Å². The Bertz CT molecular complexity index is 351. The Kier molecular flexibility index (Phi) is 3.29. The van der Waals surface area contributed by atoms with Gasteiger partial charge in [-0.15, -0.1) is 0 Å². The molecule has 4 nitrogen and oxygen atoms in total. The Morgan fingerprint density at radius 2 is 2.38 bits per heavy atom. The summed E-state index contributed by atoms with van der Waals surface area (Å²) < 4.78 is 0. The van der Waals surface area contributed by atoms with Crippen LogP contribution in [0.4, 0.5) is 11.5 Å². The summed E-state index contributed by atoms with van der Waals surface area (Å²) in [7, 11) is 4.24. The third-order valence-electron chi connectivity index (χ3n) is 3.05. The van der Waals surface area contributed by atoms with Gasteiger partial charge in [0.2, 0.25) is 0 Å². The molecule has 16 heavy (non-hydrogen) atoms. The lowest BCUT2D eigenvalue weighted by molar-refractivity contribution is 0.372. The molecule has 4 heteroatoms. The molecule has 0 saturated carbocycles. The molecule has 1 aliphatic heterocycles. The fourth-order valence-electron chi connectivity index (χ4n) is 2.40. The molecule has 0 radical (unpaired) electrons. The van der Waals surface area contributed by atoms with Gasteiger partial charge in [0.05, 0.1) is 0 Å². The van der Waals surface area contributed by atoms with Crippen molar-refractivity contribution in [2.75, 3.05) is 37.8 Å². The molecule has 1 atom stereocenters. The van der Waals surface area contributed by atoms with E-state index >= 15 is 0 Å². The molecule has 0 aliphatic carbocycles. The van der Waals surface area contributed by atoms with Gasteiger partial charge in [-0.25, -0.2) is 4.98 Å². The SMILES string of the molecule is CN(C)CC1CCCN1c1ccnc(N)c1. The number of hydrogen-bond donors (Lipinski definition) is 1.